The summed E-state index contributed by atoms with van der Waals surface area (Å²) in [7, 11) is -9.33. The molecule has 0 aromatic rings. The fourth-order valence-corrected chi connectivity index (χ4v) is 8.30. The van der Waals surface area contributed by atoms with Gasteiger partial charge in [-0.15, -0.1) is 0 Å². The average molecular weight is 923 g/mol. The third-order valence-corrected chi connectivity index (χ3v) is 11.5. The van der Waals surface area contributed by atoms with Gasteiger partial charge in [0.1, 0.15) is 0 Å². The zero-order chi connectivity index (χ0) is 45.1. The van der Waals surface area contributed by atoms with Crippen LogP contribution in [0.2, 0.25) is 0 Å². The molecule has 0 amide bonds. The van der Waals surface area contributed by atoms with Crippen LogP contribution in [0, 0.1) is 21.7 Å². The van der Waals surface area contributed by atoms with Crippen LogP contribution in [-0.2, 0) is 40.0 Å². The topological polar surface area (TPSA) is 434 Å². The van der Waals surface area contributed by atoms with E-state index >= 15 is 0 Å². The summed E-state index contributed by atoms with van der Waals surface area (Å²) in [6.45, 7) is 2.11. The molecule has 0 aromatic carbocycles. The van der Waals surface area contributed by atoms with Gasteiger partial charge in [-0.3, -0.25) is 37.4 Å². The quantitative estimate of drug-likeness (QED) is 0.0934. The van der Waals surface area contributed by atoms with Crippen molar-refractivity contribution in [2.45, 2.75) is 154 Å². The van der Waals surface area contributed by atoms with Crippen molar-refractivity contribution in [1.82, 2.24) is 0 Å². The van der Waals surface area contributed by atoms with Gasteiger partial charge in [0.25, 0.3) is 0 Å². The van der Waals surface area contributed by atoms with Crippen LogP contribution < -0.4 is 52.5 Å². The summed E-state index contributed by atoms with van der Waals surface area (Å²) in [4.78, 5) is 42.3. The summed E-state index contributed by atoms with van der Waals surface area (Å²) in [6, 6.07) is 0. The molecule has 0 atom stereocenters. The molecule has 4 aliphatic rings. The van der Waals surface area contributed by atoms with Gasteiger partial charge in [-0.1, -0.05) is 77.0 Å². The Morgan fingerprint density at radius 3 is 0.583 bits per heavy atom. The molecule has 4 rings (SSSR count). The Kier molecular flexibility index (Phi) is 35.8. The van der Waals surface area contributed by atoms with Crippen LogP contribution in [0.5, 0.6) is 0 Å². The minimum Gasteiger partial charge on any atom is -1.00 e. The molecule has 21 nitrogen and oxygen atoms in total. The van der Waals surface area contributed by atoms with Gasteiger partial charge in [-0.2, -0.15) is 16.8 Å². The van der Waals surface area contributed by atoms with Gasteiger partial charge < -0.3 is 50.3 Å². The van der Waals surface area contributed by atoms with Gasteiger partial charge in [-0.05, 0) is 99.2 Å². The minimum absolute atomic E-state index is 0. The molecule has 354 valence electrons. The van der Waals surface area contributed by atoms with Crippen LogP contribution in [0.25, 0.3) is 0 Å². The van der Waals surface area contributed by atoms with Crippen molar-refractivity contribution >= 4 is 44.7 Å². The Morgan fingerprint density at radius 2 is 0.500 bits per heavy atom. The third kappa shape index (κ3) is 34.9. The van der Waals surface area contributed by atoms with E-state index in [2.05, 4.69) is 0 Å². The van der Waals surface area contributed by atoms with E-state index in [1.165, 1.54) is 25.7 Å². The van der Waals surface area contributed by atoms with E-state index in [0.29, 0.717) is 26.2 Å². The molecule has 4 saturated carbocycles. The fraction of sp³-hybridized carbons (Fsp3) is 0.889. The number of nitrogens with two attached hydrogens (primary N) is 4. The molecule has 0 heterocycles. The van der Waals surface area contributed by atoms with Crippen LogP contribution in [0.15, 0.2) is 0 Å². The molecule has 4 fully saturated rings. The Morgan fingerprint density at radius 1 is 0.383 bits per heavy atom. The van der Waals surface area contributed by atoms with Crippen molar-refractivity contribution in [3.05, 3.63) is 0 Å². The predicted molar refractivity (Wildman–Crippen MR) is 220 cm³/mol. The monoisotopic (exact) mass is 922 g/mol. The van der Waals surface area contributed by atoms with E-state index in [4.69, 9.17) is 78.4 Å². The largest absolute Gasteiger partial charge is 1.00 e. The van der Waals surface area contributed by atoms with Gasteiger partial charge in [0.15, 0.2) is 0 Å². The first kappa shape index (κ1) is 65.0. The second-order valence-electron chi connectivity index (χ2n) is 16.2. The molecule has 0 radical (unpaired) electrons. The Hall–Kier alpha value is -1.58. The maximum absolute atomic E-state index is 10.6. The molecule has 18 N–H and O–H groups in total. The Labute approximate surface area is 378 Å². The molecule has 4 aliphatic carbocycles. The zero-order valence-electron chi connectivity index (χ0n) is 36.3. The maximum atomic E-state index is 10.6. The van der Waals surface area contributed by atoms with E-state index in [9.17, 15) is 19.2 Å². The fourth-order valence-electron chi connectivity index (χ4n) is 8.30. The molecule has 0 bridgehead atoms. The van der Waals surface area contributed by atoms with Crippen LogP contribution in [-0.4, -0.2) is 111 Å². The molecule has 24 heteroatoms. The van der Waals surface area contributed by atoms with Gasteiger partial charge in [0, 0.05) is 0 Å². The summed E-state index contributed by atoms with van der Waals surface area (Å²) in [5.74, 6) is -2.82. The normalized spacial score (nSPS) is 19.6. The van der Waals surface area contributed by atoms with Crippen molar-refractivity contribution in [2.24, 2.45) is 44.6 Å². The summed E-state index contributed by atoms with van der Waals surface area (Å²) in [5.41, 5.74) is 22.2. The summed E-state index contributed by atoms with van der Waals surface area (Å²) in [6.07, 6.45) is 23.1. The second-order valence-corrected chi connectivity index (χ2v) is 18.0. The van der Waals surface area contributed by atoms with Crippen LogP contribution in [0.4, 0.5) is 0 Å². The van der Waals surface area contributed by atoms with E-state index in [1.54, 1.807) is 0 Å². The third-order valence-electron chi connectivity index (χ3n) is 11.5. The summed E-state index contributed by atoms with van der Waals surface area (Å²) in [5, 5.41) is 34.8. The molecule has 60 heavy (non-hydrogen) atoms. The van der Waals surface area contributed by atoms with Gasteiger partial charge >= 0.3 is 74.2 Å². The van der Waals surface area contributed by atoms with Crippen molar-refractivity contribution in [2.75, 3.05) is 26.2 Å². The SMILES string of the molecule is NCC1(CC(=O)O)CCCCC1.NCC1(CC(=O)O)CCCCC1.NCC1(CC(=O)O)CCCCC1.NCC1(CC(=O)O)CCCCC1.O.O=S(=O)(O)O.O=S(=O)(O)O.[H-].[Na+]. The summed E-state index contributed by atoms with van der Waals surface area (Å²) >= 11 is 0. The number of hydrogen-bond acceptors (Lipinski definition) is 12. The smallest absolute Gasteiger partial charge is 1.00 e. The molecule has 0 unspecified atom stereocenters. The van der Waals surface area contributed by atoms with Crippen LogP contribution in [0.3, 0.4) is 0 Å². The summed E-state index contributed by atoms with van der Waals surface area (Å²) < 4.78 is 63.2. The molecule has 0 aromatic heterocycles. The predicted octanol–water partition coefficient (Wildman–Crippen LogP) is 0.467. The van der Waals surface area contributed by atoms with Gasteiger partial charge in [0.2, 0.25) is 0 Å². The molecule has 0 aliphatic heterocycles. The number of carbonyl (C=O) groups is 4. The number of hydrogen-bond donors (Lipinski definition) is 12. The van der Waals surface area contributed by atoms with E-state index in [1.807, 2.05) is 0 Å². The van der Waals surface area contributed by atoms with Crippen LogP contribution >= 0.6 is 0 Å². The Bertz CT molecular complexity index is 1220. The molecule has 0 saturated heterocycles. The first-order valence-electron chi connectivity index (χ1n) is 19.8. The van der Waals surface area contributed by atoms with Crippen LogP contribution in [0.1, 0.15) is 156 Å². The van der Waals surface area contributed by atoms with E-state index in [-0.39, 0.29) is 83.8 Å². The van der Waals surface area contributed by atoms with Gasteiger partial charge in [-0.25, -0.2) is 0 Å². The van der Waals surface area contributed by atoms with Crippen molar-refractivity contribution in [3.8, 4) is 0 Å². The molecule has 0 spiro atoms. The molecular weight excluding hydrogens is 848 g/mol. The number of carboxylic acids is 4. The average Bonchev–Trinajstić information content (AvgIpc) is 3.11. The second kappa shape index (κ2) is 33.0. The van der Waals surface area contributed by atoms with Crippen molar-refractivity contribution < 1.29 is 111 Å². The van der Waals surface area contributed by atoms with E-state index in [0.717, 1.165) is 103 Å². The first-order chi connectivity index (χ1) is 26.7. The van der Waals surface area contributed by atoms with Crippen molar-refractivity contribution in [3.63, 3.8) is 0 Å². The minimum atomic E-state index is -4.67. The maximum Gasteiger partial charge on any atom is 1.00 e. The molecular formula is C36H75N4NaO17S2. The Balaban J connectivity index is -0.000000210. The van der Waals surface area contributed by atoms with Gasteiger partial charge in [0.05, 0.1) is 25.7 Å². The van der Waals surface area contributed by atoms with E-state index < -0.39 is 44.7 Å². The number of carboxylic acid groups (broad SMARTS) is 4. The standard InChI is InChI=1S/4C9H17NO2.Na.2H2O4S.H2O.H/c4*10-7-9(6-8(11)12)4-2-1-3-5-9;;2*1-5(2,3)4;;/h4*1-7,10H2,(H,11,12);;2*(H2,1,2,3,4);1H2;/q;;;;+1;;;;-1. The number of rotatable bonds is 12. The number of aliphatic carboxylic acids is 4. The van der Waals surface area contributed by atoms with Crippen molar-refractivity contribution in [1.29, 1.82) is 0 Å². The zero-order valence-corrected chi connectivity index (χ0v) is 38.9. The first-order valence-corrected chi connectivity index (χ1v) is 22.6.